The van der Waals surface area contributed by atoms with Crippen molar-refractivity contribution < 1.29 is 4.74 Å². The fourth-order valence-corrected chi connectivity index (χ4v) is 2.18. The molecule has 0 saturated heterocycles. The van der Waals surface area contributed by atoms with E-state index in [1.54, 1.807) is 0 Å². The van der Waals surface area contributed by atoms with Gasteiger partial charge in [0.2, 0.25) is 0 Å². The van der Waals surface area contributed by atoms with Crippen molar-refractivity contribution in [3.8, 4) is 11.8 Å². The van der Waals surface area contributed by atoms with Gasteiger partial charge >= 0.3 is 0 Å². The van der Waals surface area contributed by atoms with E-state index in [1.165, 1.54) is 0 Å². The van der Waals surface area contributed by atoms with Gasteiger partial charge in [0.15, 0.2) is 0 Å². The van der Waals surface area contributed by atoms with Gasteiger partial charge in [0, 0.05) is 0 Å². The van der Waals surface area contributed by atoms with Crippen LogP contribution >= 0.6 is 0 Å². The second-order valence-electron chi connectivity index (χ2n) is 4.85. The molecule has 20 heavy (non-hydrogen) atoms. The van der Waals surface area contributed by atoms with Gasteiger partial charge in [-0.15, -0.1) is 0 Å². The van der Waals surface area contributed by atoms with Gasteiger partial charge in [-0.1, -0.05) is 48.5 Å². The Labute approximate surface area is 120 Å². The third-order valence-electron chi connectivity index (χ3n) is 3.35. The highest BCUT2D eigenvalue weighted by Gasteiger charge is 2.09. The van der Waals surface area contributed by atoms with Crippen molar-refractivity contribution >= 4 is 0 Å². The van der Waals surface area contributed by atoms with E-state index >= 15 is 0 Å². The number of hydrogen-bond acceptors (Lipinski definition) is 2. The molecule has 0 radical (unpaired) electrons. The maximum atomic E-state index is 9.25. The van der Waals surface area contributed by atoms with Crippen LogP contribution in [0.1, 0.15) is 29.9 Å². The lowest BCUT2D eigenvalue weighted by molar-refractivity contribution is 0.303. The number of para-hydroxylation sites is 1. The van der Waals surface area contributed by atoms with E-state index in [2.05, 4.69) is 6.07 Å². The van der Waals surface area contributed by atoms with Crippen molar-refractivity contribution in [2.24, 2.45) is 0 Å². The Kier molecular flexibility index (Phi) is 5.20. The van der Waals surface area contributed by atoms with Gasteiger partial charge < -0.3 is 4.74 Å². The number of nitrogens with zero attached hydrogens (tertiary/aromatic N) is 1. The Morgan fingerprint density at radius 2 is 1.75 bits per heavy atom. The summed E-state index contributed by atoms with van der Waals surface area (Å²) in [6.45, 7) is 2.69. The van der Waals surface area contributed by atoms with E-state index in [0.717, 1.165) is 29.7 Å². The number of nitriles is 1. The van der Waals surface area contributed by atoms with E-state index in [4.69, 9.17) is 4.74 Å². The highest BCUT2D eigenvalue weighted by Crippen LogP contribution is 2.21. The van der Waals surface area contributed by atoms with Gasteiger partial charge in [0.1, 0.15) is 5.75 Å². The SMILES string of the molecule is Cc1ccccc1OCCCC(C#N)c1ccccc1. The molecule has 2 aromatic carbocycles. The lowest BCUT2D eigenvalue weighted by atomic mass is 9.96. The van der Waals surface area contributed by atoms with Crippen LogP contribution in [0.3, 0.4) is 0 Å². The predicted molar refractivity (Wildman–Crippen MR) is 80.7 cm³/mol. The average Bonchev–Trinajstić information content (AvgIpc) is 2.50. The lowest BCUT2D eigenvalue weighted by Gasteiger charge is -2.11. The number of rotatable bonds is 6. The van der Waals surface area contributed by atoms with Gasteiger partial charge in [0.25, 0.3) is 0 Å². The zero-order valence-corrected chi connectivity index (χ0v) is 11.8. The summed E-state index contributed by atoms with van der Waals surface area (Å²) in [5.74, 6) is 0.886. The molecule has 2 aromatic rings. The summed E-state index contributed by atoms with van der Waals surface area (Å²) in [4.78, 5) is 0. The molecular weight excluding hydrogens is 246 g/mol. The zero-order valence-electron chi connectivity index (χ0n) is 11.8. The van der Waals surface area contributed by atoms with Gasteiger partial charge in [0.05, 0.1) is 18.6 Å². The number of aryl methyl sites for hydroxylation is 1. The Bertz CT molecular complexity index is 571. The Morgan fingerprint density at radius 1 is 1.05 bits per heavy atom. The predicted octanol–water partition coefficient (Wildman–Crippen LogP) is 4.46. The topological polar surface area (TPSA) is 33.0 Å². The molecule has 2 heteroatoms. The Morgan fingerprint density at radius 3 is 2.45 bits per heavy atom. The molecule has 0 aliphatic carbocycles. The third kappa shape index (κ3) is 3.86. The molecule has 0 heterocycles. The first-order valence-corrected chi connectivity index (χ1v) is 6.94. The number of benzene rings is 2. The highest BCUT2D eigenvalue weighted by atomic mass is 16.5. The first-order chi connectivity index (χ1) is 9.81. The molecular formula is C18H19NO. The summed E-state index contributed by atoms with van der Waals surface area (Å²) < 4.78 is 5.76. The molecule has 0 N–H and O–H groups in total. The molecule has 1 unspecified atom stereocenters. The van der Waals surface area contributed by atoms with Crippen LogP contribution in [0.4, 0.5) is 0 Å². The number of ether oxygens (including phenoxy) is 1. The van der Waals surface area contributed by atoms with Crippen LogP contribution in [-0.2, 0) is 0 Å². The smallest absolute Gasteiger partial charge is 0.122 e. The van der Waals surface area contributed by atoms with Crippen LogP contribution < -0.4 is 4.74 Å². The number of hydrogen-bond donors (Lipinski definition) is 0. The van der Waals surface area contributed by atoms with Gasteiger partial charge in [-0.3, -0.25) is 0 Å². The quantitative estimate of drug-likeness (QED) is 0.722. The van der Waals surface area contributed by atoms with E-state index in [9.17, 15) is 5.26 Å². The molecule has 0 saturated carbocycles. The van der Waals surface area contributed by atoms with Crippen molar-refractivity contribution in [1.82, 2.24) is 0 Å². The van der Waals surface area contributed by atoms with Crippen molar-refractivity contribution in [3.05, 3.63) is 65.7 Å². The van der Waals surface area contributed by atoms with Crippen molar-refractivity contribution in [2.45, 2.75) is 25.7 Å². The summed E-state index contributed by atoms with van der Waals surface area (Å²) in [7, 11) is 0. The largest absolute Gasteiger partial charge is 0.493 e. The summed E-state index contributed by atoms with van der Waals surface area (Å²) in [6, 6.07) is 20.3. The Balaban J connectivity index is 1.81. The van der Waals surface area contributed by atoms with Crippen LogP contribution in [0.2, 0.25) is 0 Å². The molecule has 0 fully saturated rings. The molecule has 2 rings (SSSR count). The molecule has 102 valence electrons. The standard InChI is InChI=1S/C18H19NO/c1-15-8-5-6-12-18(15)20-13-7-11-17(14-19)16-9-3-2-4-10-16/h2-6,8-10,12,17H,7,11,13H2,1H3. The summed E-state index contributed by atoms with van der Waals surface area (Å²) in [5.41, 5.74) is 2.23. The fraction of sp³-hybridized carbons (Fsp3) is 0.278. The lowest BCUT2D eigenvalue weighted by Crippen LogP contribution is -2.02. The maximum absolute atomic E-state index is 9.25. The van der Waals surface area contributed by atoms with Crippen molar-refractivity contribution in [1.29, 1.82) is 5.26 Å². The van der Waals surface area contributed by atoms with E-state index in [1.807, 2.05) is 61.5 Å². The van der Waals surface area contributed by atoms with Crippen LogP contribution in [0, 0.1) is 18.3 Å². The average molecular weight is 265 g/mol. The first kappa shape index (κ1) is 14.1. The second-order valence-corrected chi connectivity index (χ2v) is 4.85. The fourth-order valence-electron chi connectivity index (χ4n) is 2.18. The zero-order chi connectivity index (χ0) is 14.2. The molecule has 0 bridgehead atoms. The Hall–Kier alpha value is -2.27. The molecule has 0 aromatic heterocycles. The van der Waals surface area contributed by atoms with Crippen LogP contribution in [-0.4, -0.2) is 6.61 Å². The molecule has 0 amide bonds. The minimum atomic E-state index is -0.0447. The van der Waals surface area contributed by atoms with Gasteiger partial charge in [-0.25, -0.2) is 0 Å². The summed E-state index contributed by atoms with van der Waals surface area (Å²) >= 11 is 0. The minimum Gasteiger partial charge on any atom is -0.493 e. The van der Waals surface area contributed by atoms with E-state index in [-0.39, 0.29) is 5.92 Å². The highest BCUT2D eigenvalue weighted by molar-refractivity contribution is 5.31. The van der Waals surface area contributed by atoms with E-state index < -0.39 is 0 Å². The van der Waals surface area contributed by atoms with Gasteiger partial charge in [-0.05, 0) is 37.0 Å². The van der Waals surface area contributed by atoms with Crippen molar-refractivity contribution in [3.63, 3.8) is 0 Å². The molecule has 0 spiro atoms. The molecule has 2 nitrogen and oxygen atoms in total. The summed E-state index contributed by atoms with van der Waals surface area (Å²) in [5, 5.41) is 9.25. The second kappa shape index (κ2) is 7.35. The van der Waals surface area contributed by atoms with Gasteiger partial charge in [-0.2, -0.15) is 5.26 Å². The maximum Gasteiger partial charge on any atom is 0.122 e. The van der Waals surface area contributed by atoms with Crippen molar-refractivity contribution in [2.75, 3.05) is 6.61 Å². The normalized spacial score (nSPS) is 11.6. The third-order valence-corrected chi connectivity index (χ3v) is 3.35. The first-order valence-electron chi connectivity index (χ1n) is 6.94. The minimum absolute atomic E-state index is 0.0447. The monoisotopic (exact) mass is 265 g/mol. The van der Waals surface area contributed by atoms with Crippen LogP contribution in [0.5, 0.6) is 5.75 Å². The molecule has 0 aliphatic rings. The molecule has 1 atom stereocenters. The summed E-state index contributed by atoms with van der Waals surface area (Å²) in [6.07, 6.45) is 1.70. The van der Waals surface area contributed by atoms with Crippen LogP contribution in [0.25, 0.3) is 0 Å². The van der Waals surface area contributed by atoms with E-state index in [0.29, 0.717) is 6.61 Å². The molecule has 0 aliphatic heterocycles. The van der Waals surface area contributed by atoms with Crippen LogP contribution in [0.15, 0.2) is 54.6 Å².